The number of halogens is 1. The molecule has 0 spiro atoms. The van der Waals surface area contributed by atoms with Gasteiger partial charge in [-0.2, -0.15) is 0 Å². The van der Waals surface area contributed by atoms with Crippen LogP contribution >= 0.6 is 11.6 Å². The van der Waals surface area contributed by atoms with Gasteiger partial charge in [-0.1, -0.05) is 90.5 Å². The van der Waals surface area contributed by atoms with Crippen molar-refractivity contribution in [2.75, 3.05) is 0 Å². The van der Waals surface area contributed by atoms with E-state index in [9.17, 15) is 14.7 Å². The van der Waals surface area contributed by atoms with Crippen LogP contribution in [0, 0.1) is 0 Å². The summed E-state index contributed by atoms with van der Waals surface area (Å²) in [6.07, 6.45) is 0.511. The zero-order valence-electron chi connectivity index (χ0n) is 18.3. The van der Waals surface area contributed by atoms with Gasteiger partial charge in [0.05, 0.1) is 0 Å². The molecular formula is C29H22ClNO3. The van der Waals surface area contributed by atoms with Crippen LogP contribution < -0.4 is 5.32 Å². The van der Waals surface area contributed by atoms with Crippen LogP contribution in [0.2, 0.25) is 5.02 Å². The van der Waals surface area contributed by atoms with Crippen molar-refractivity contribution in [1.29, 1.82) is 0 Å². The Bertz CT molecular complexity index is 1360. The van der Waals surface area contributed by atoms with Crippen molar-refractivity contribution in [3.8, 4) is 22.3 Å². The first-order valence-electron chi connectivity index (χ1n) is 11.0. The third kappa shape index (κ3) is 4.09. The molecule has 168 valence electrons. The molecule has 0 aromatic heterocycles. The quantitative estimate of drug-likeness (QED) is 0.377. The average Bonchev–Trinajstić information content (AvgIpc) is 3.24. The maximum atomic E-state index is 13.2. The van der Waals surface area contributed by atoms with Gasteiger partial charge in [-0.25, -0.2) is 4.79 Å². The fourth-order valence-corrected chi connectivity index (χ4v) is 4.78. The zero-order valence-corrected chi connectivity index (χ0v) is 19.0. The molecule has 1 aliphatic rings. The summed E-state index contributed by atoms with van der Waals surface area (Å²) in [5.74, 6) is -1.48. The summed E-state index contributed by atoms with van der Waals surface area (Å²) in [5, 5.41) is 13.3. The molecule has 0 unspecified atom stereocenters. The van der Waals surface area contributed by atoms with Crippen molar-refractivity contribution >= 4 is 23.5 Å². The second-order valence-electron chi connectivity index (χ2n) is 8.60. The standard InChI is InChI=1S/C29H22ClNO3/c30-26-15-14-22(16-25(26)21-12-10-20(11-13-21)19-6-2-1-3-7-19)27(32)31-29(28(33)34)17-23-8-4-5-9-24(23)18-29/h1-16H,17-18H2,(H,31,32)(H,33,34). The molecule has 5 rings (SSSR count). The largest absolute Gasteiger partial charge is 0.479 e. The van der Waals surface area contributed by atoms with E-state index in [4.69, 9.17) is 11.6 Å². The van der Waals surface area contributed by atoms with Crippen LogP contribution in [-0.4, -0.2) is 22.5 Å². The Morgan fingerprint density at radius 2 is 1.29 bits per heavy atom. The van der Waals surface area contributed by atoms with E-state index in [2.05, 4.69) is 5.32 Å². The molecule has 0 aliphatic heterocycles. The summed E-state index contributed by atoms with van der Waals surface area (Å²) in [6, 6.07) is 30.6. The molecule has 2 N–H and O–H groups in total. The number of carbonyl (C=O) groups is 2. The van der Waals surface area contributed by atoms with Gasteiger partial charge in [-0.05, 0) is 46.0 Å². The van der Waals surface area contributed by atoms with Crippen molar-refractivity contribution in [2.24, 2.45) is 0 Å². The number of hydrogen-bond acceptors (Lipinski definition) is 2. The number of carboxylic acids is 1. The number of amides is 1. The molecule has 1 aliphatic carbocycles. The van der Waals surface area contributed by atoms with Crippen molar-refractivity contribution in [3.63, 3.8) is 0 Å². The van der Waals surface area contributed by atoms with Crippen LogP contribution in [0.3, 0.4) is 0 Å². The fraction of sp³-hybridized carbons (Fsp3) is 0.103. The Labute approximate surface area is 202 Å². The maximum absolute atomic E-state index is 13.2. The molecule has 4 nitrogen and oxygen atoms in total. The first-order chi connectivity index (χ1) is 16.4. The van der Waals surface area contributed by atoms with Gasteiger partial charge in [0.25, 0.3) is 5.91 Å². The lowest BCUT2D eigenvalue weighted by Crippen LogP contribution is -2.55. The normalized spacial score (nSPS) is 13.8. The molecule has 5 heteroatoms. The van der Waals surface area contributed by atoms with Crippen molar-refractivity contribution in [2.45, 2.75) is 18.4 Å². The second kappa shape index (κ2) is 8.81. The molecule has 0 fully saturated rings. The van der Waals surface area contributed by atoms with Gasteiger partial charge in [-0.3, -0.25) is 4.79 Å². The van der Waals surface area contributed by atoms with Gasteiger partial charge in [0.15, 0.2) is 0 Å². The Kier molecular flexibility index (Phi) is 5.68. The van der Waals surface area contributed by atoms with E-state index in [1.165, 1.54) is 0 Å². The first kappa shape index (κ1) is 21.9. The Balaban J connectivity index is 1.41. The van der Waals surface area contributed by atoms with E-state index in [1.54, 1.807) is 18.2 Å². The number of rotatable bonds is 5. The number of aliphatic carboxylic acids is 1. The van der Waals surface area contributed by atoms with Gasteiger partial charge in [-0.15, -0.1) is 0 Å². The van der Waals surface area contributed by atoms with E-state index in [0.29, 0.717) is 16.1 Å². The molecule has 0 heterocycles. The van der Waals surface area contributed by atoms with Crippen molar-refractivity contribution in [1.82, 2.24) is 5.32 Å². The number of nitrogens with one attached hydrogen (secondary N) is 1. The predicted octanol–water partition coefficient (Wildman–Crippen LogP) is 6.03. The molecule has 0 radical (unpaired) electrons. The number of hydrogen-bond donors (Lipinski definition) is 2. The predicted molar refractivity (Wildman–Crippen MR) is 134 cm³/mol. The lowest BCUT2D eigenvalue weighted by molar-refractivity contribution is -0.144. The summed E-state index contributed by atoms with van der Waals surface area (Å²) < 4.78 is 0. The van der Waals surface area contributed by atoms with E-state index in [0.717, 1.165) is 27.8 Å². The third-order valence-electron chi connectivity index (χ3n) is 6.40. The lowest BCUT2D eigenvalue weighted by atomic mass is 9.94. The Morgan fingerprint density at radius 1 is 0.735 bits per heavy atom. The molecule has 1 amide bonds. The average molecular weight is 468 g/mol. The van der Waals surface area contributed by atoms with E-state index < -0.39 is 17.4 Å². The molecule has 0 saturated heterocycles. The van der Waals surface area contributed by atoms with Crippen LogP contribution in [0.1, 0.15) is 21.5 Å². The highest BCUT2D eigenvalue weighted by atomic mass is 35.5. The van der Waals surface area contributed by atoms with Gasteiger partial charge in [0.2, 0.25) is 0 Å². The fourth-order valence-electron chi connectivity index (χ4n) is 4.56. The highest BCUT2D eigenvalue weighted by Gasteiger charge is 2.45. The molecular weight excluding hydrogens is 446 g/mol. The Hall–Kier alpha value is -3.89. The van der Waals surface area contributed by atoms with Crippen molar-refractivity contribution in [3.05, 3.63) is 119 Å². The minimum absolute atomic E-state index is 0.256. The Morgan fingerprint density at radius 3 is 1.91 bits per heavy atom. The molecule has 34 heavy (non-hydrogen) atoms. The molecule has 0 saturated carbocycles. The van der Waals surface area contributed by atoms with Crippen LogP contribution in [-0.2, 0) is 17.6 Å². The molecule has 4 aromatic rings. The topological polar surface area (TPSA) is 66.4 Å². The van der Waals surface area contributed by atoms with Crippen LogP contribution in [0.5, 0.6) is 0 Å². The molecule has 4 aromatic carbocycles. The number of benzene rings is 4. The summed E-state index contributed by atoms with van der Waals surface area (Å²) in [4.78, 5) is 25.4. The van der Waals surface area contributed by atoms with Gasteiger partial charge in [0.1, 0.15) is 5.54 Å². The van der Waals surface area contributed by atoms with E-state index >= 15 is 0 Å². The van der Waals surface area contributed by atoms with Gasteiger partial charge in [0, 0.05) is 29.0 Å². The van der Waals surface area contributed by atoms with Gasteiger partial charge >= 0.3 is 5.97 Å². The summed E-state index contributed by atoms with van der Waals surface area (Å²) in [7, 11) is 0. The summed E-state index contributed by atoms with van der Waals surface area (Å²) in [6.45, 7) is 0. The number of carboxylic acid groups (broad SMARTS) is 1. The monoisotopic (exact) mass is 467 g/mol. The van der Waals surface area contributed by atoms with E-state index in [1.807, 2.05) is 78.9 Å². The van der Waals surface area contributed by atoms with Crippen LogP contribution in [0.15, 0.2) is 97.1 Å². The number of fused-ring (bicyclic) bond motifs is 1. The third-order valence-corrected chi connectivity index (χ3v) is 6.73. The first-order valence-corrected chi connectivity index (χ1v) is 11.4. The lowest BCUT2D eigenvalue weighted by Gasteiger charge is -2.25. The zero-order chi connectivity index (χ0) is 23.7. The SMILES string of the molecule is O=C(NC1(C(=O)O)Cc2ccccc2C1)c1ccc(Cl)c(-c2ccc(-c3ccccc3)cc2)c1. The summed E-state index contributed by atoms with van der Waals surface area (Å²) >= 11 is 6.48. The number of carbonyl (C=O) groups excluding carboxylic acids is 1. The summed E-state index contributed by atoms with van der Waals surface area (Å²) in [5.41, 5.74) is 4.68. The van der Waals surface area contributed by atoms with Crippen molar-refractivity contribution < 1.29 is 14.7 Å². The maximum Gasteiger partial charge on any atom is 0.330 e. The smallest absolute Gasteiger partial charge is 0.330 e. The van der Waals surface area contributed by atoms with Crippen LogP contribution in [0.25, 0.3) is 22.3 Å². The highest BCUT2D eigenvalue weighted by Crippen LogP contribution is 2.33. The van der Waals surface area contributed by atoms with Crippen LogP contribution in [0.4, 0.5) is 0 Å². The second-order valence-corrected chi connectivity index (χ2v) is 9.01. The highest BCUT2D eigenvalue weighted by molar-refractivity contribution is 6.33. The van der Waals surface area contributed by atoms with Gasteiger partial charge < -0.3 is 10.4 Å². The molecule has 0 bridgehead atoms. The minimum atomic E-state index is -1.36. The van der Waals surface area contributed by atoms with E-state index in [-0.39, 0.29) is 12.8 Å². The molecule has 0 atom stereocenters. The minimum Gasteiger partial charge on any atom is -0.479 e.